The topological polar surface area (TPSA) is 57.4 Å². The molecule has 8 aromatic carbocycles. The predicted molar refractivity (Wildman–Crippen MR) is 245 cm³/mol. The van der Waals surface area contributed by atoms with Crippen molar-refractivity contribution in [2.24, 2.45) is 0 Å². The van der Waals surface area contributed by atoms with Crippen LogP contribution < -0.4 is 0 Å². The summed E-state index contributed by atoms with van der Waals surface area (Å²) in [6.45, 7) is 6.01. The maximum absolute atomic E-state index is 14.7. The van der Waals surface area contributed by atoms with Crippen LogP contribution in [-0.4, -0.2) is 9.13 Å². The highest BCUT2D eigenvalue weighted by Crippen LogP contribution is 2.46. The van der Waals surface area contributed by atoms with Crippen LogP contribution in [0.5, 0.6) is 0 Å². The molecule has 0 bridgehead atoms. The van der Waals surface area contributed by atoms with E-state index >= 15 is 0 Å². The van der Waals surface area contributed by atoms with Crippen LogP contribution in [0.3, 0.4) is 0 Å². The molecule has 316 valence electrons. The van der Waals surface area contributed by atoms with Gasteiger partial charge in [-0.05, 0) is 120 Å². The summed E-state index contributed by atoms with van der Waals surface area (Å²) in [5.74, 6) is 0. The summed E-state index contributed by atoms with van der Waals surface area (Å²) in [5, 5.41) is 24.5. The second-order valence-electron chi connectivity index (χ2n) is 16.4. The average molecular weight is 865 g/mol. The Bertz CT molecular complexity index is 3700. The van der Waals surface area contributed by atoms with Crippen LogP contribution in [0, 0.1) is 43.4 Å². The Labute approximate surface area is 369 Å². The van der Waals surface area contributed by atoms with Crippen molar-refractivity contribution in [2.45, 2.75) is 33.1 Å². The fourth-order valence-electron chi connectivity index (χ4n) is 9.46. The lowest BCUT2D eigenvalue weighted by atomic mass is 9.94. The molecule has 4 nitrogen and oxygen atoms in total. The van der Waals surface area contributed by atoms with Crippen molar-refractivity contribution in [3.63, 3.8) is 0 Å². The lowest BCUT2D eigenvalue weighted by Gasteiger charge is -2.22. The Morgan fingerprint density at radius 1 is 0.431 bits per heavy atom. The van der Waals surface area contributed by atoms with Crippen LogP contribution in [0.4, 0.5) is 26.3 Å². The zero-order chi connectivity index (χ0) is 45.5. The lowest BCUT2D eigenvalue weighted by molar-refractivity contribution is -0.142. The number of aryl methyl sites for hydroxylation is 3. The molecule has 2 heterocycles. The summed E-state index contributed by atoms with van der Waals surface area (Å²) in [6.07, 6.45) is -10.1. The third-order valence-corrected chi connectivity index (χ3v) is 12.2. The highest BCUT2D eigenvalue weighted by Gasteiger charge is 2.38. The Morgan fingerprint density at radius 2 is 0.954 bits per heavy atom. The monoisotopic (exact) mass is 864 g/mol. The number of fused-ring (bicyclic) bond motifs is 6. The number of hydrogen-bond donors (Lipinski definition) is 0. The van der Waals surface area contributed by atoms with Crippen molar-refractivity contribution in [3.8, 4) is 56.9 Å². The minimum Gasteiger partial charge on any atom is -0.308 e. The van der Waals surface area contributed by atoms with Crippen LogP contribution >= 0.6 is 0 Å². The Morgan fingerprint density at radius 3 is 1.49 bits per heavy atom. The highest BCUT2D eigenvalue weighted by atomic mass is 19.4. The molecule has 0 radical (unpaired) electrons. The minimum absolute atomic E-state index is 0.0458. The third kappa shape index (κ3) is 6.86. The van der Waals surface area contributed by atoms with Gasteiger partial charge in [-0.25, -0.2) is 0 Å². The minimum atomic E-state index is -5.11. The molecule has 0 aliphatic rings. The van der Waals surface area contributed by atoms with Crippen LogP contribution in [0.15, 0.2) is 152 Å². The number of para-hydroxylation sites is 2. The summed E-state index contributed by atoms with van der Waals surface area (Å²) in [5.41, 5.74) is 7.77. The molecule has 10 aromatic rings. The molecule has 0 atom stereocenters. The first kappa shape index (κ1) is 41.0. The Hall–Kier alpha value is -8.08. The molecule has 2 aromatic heterocycles. The van der Waals surface area contributed by atoms with Crippen LogP contribution in [0.1, 0.15) is 38.9 Å². The first-order valence-corrected chi connectivity index (χ1v) is 20.7. The number of alkyl halides is 6. The molecule has 0 unspecified atom stereocenters. The molecule has 10 rings (SSSR count). The largest absolute Gasteiger partial charge is 0.417 e. The maximum atomic E-state index is 14.7. The number of aromatic nitrogens is 2. The third-order valence-electron chi connectivity index (χ3n) is 12.2. The van der Waals surface area contributed by atoms with Gasteiger partial charge in [-0.3, -0.25) is 0 Å². The van der Waals surface area contributed by atoms with Crippen molar-refractivity contribution in [2.75, 3.05) is 0 Å². The van der Waals surface area contributed by atoms with E-state index in [1.54, 1.807) is 30.3 Å². The molecule has 0 aliphatic heterocycles. The van der Waals surface area contributed by atoms with Crippen molar-refractivity contribution >= 4 is 43.6 Å². The number of rotatable bonds is 5. The maximum Gasteiger partial charge on any atom is 0.417 e. The summed E-state index contributed by atoms with van der Waals surface area (Å²) in [7, 11) is 0. The highest BCUT2D eigenvalue weighted by molar-refractivity contribution is 6.13. The number of hydrogen-bond acceptors (Lipinski definition) is 2. The Kier molecular flexibility index (Phi) is 9.47. The van der Waals surface area contributed by atoms with Gasteiger partial charge in [0.25, 0.3) is 0 Å². The van der Waals surface area contributed by atoms with E-state index in [9.17, 15) is 36.9 Å². The molecule has 0 spiro atoms. The molecular weight excluding hydrogens is 831 g/mol. The standard InChI is InChI=1S/C55H34F6N4/c1-31-12-16-40(33(3)20-31)36-13-17-44-42-8-4-6-10-47(42)64(49(44)26-36)51-24-35(30-63)25-52(53(51)38-22-32(2)21-34(23-38)29-62)65-48-11-7-5-9-43(48)45-18-14-37(27-50(45)65)41-19-15-39(54(56,57)58)28-46(41)55(59,60)61/h4-28H,1-3H3. The van der Waals surface area contributed by atoms with Crippen molar-refractivity contribution < 1.29 is 26.3 Å². The molecule has 0 fully saturated rings. The van der Waals surface area contributed by atoms with Gasteiger partial charge in [0.1, 0.15) is 0 Å². The molecule has 0 aliphatic carbocycles. The van der Waals surface area contributed by atoms with Crippen molar-refractivity contribution in [1.82, 2.24) is 9.13 Å². The van der Waals surface area contributed by atoms with E-state index in [4.69, 9.17) is 0 Å². The molecule has 0 saturated carbocycles. The van der Waals surface area contributed by atoms with E-state index in [-0.39, 0.29) is 17.2 Å². The van der Waals surface area contributed by atoms with E-state index < -0.39 is 29.0 Å². The van der Waals surface area contributed by atoms with E-state index in [1.807, 2.05) is 72.2 Å². The normalized spacial score (nSPS) is 12.0. The SMILES string of the molecule is Cc1cc(C#N)cc(-c2c(-n3c4ccccc4c4ccc(-c5ccc(C)cc5C)cc43)cc(C#N)cc2-n2c3ccccc3c3ccc(-c4ccc(C(F)(F)F)cc4C(F)(F)F)cc32)c1. The summed E-state index contributed by atoms with van der Waals surface area (Å²) in [6, 6.07) is 48.2. The molecule has 0 amide bonds. The van der Waals surface area contributed by atoms with Gasteiger partial charge in [0.2, 0.25) is 0 Å². The number of nitrogens with zero attached hydrogens (tertiary/aromatic N) is 4. The first-order chi connectivity index (χ1) is 31.1. The Balaban J connectivity index is 1.35. The summed E-state index contributed by atoms with van der Waals surface area (Å²) < 4.78 is 89.4. The number of halogens is 6. The summed E-state index contributed by atoms with van der Waals surface area (Å²) >= 11 is 0. The molecule has 0 saturated heterocycles. The average Bonchev–Trinajstić information content (AvgIpc) is 3.79. The van der Waals surface area contributed by atoms with Crippen molar-refractivity contribution in [1.29, 1.82) is 10.5 Å². The molecular formula is C55H34F6N4. The van der Waals surface area contributed by atoms with Gasteiger partial charge in [-0.15, -0.1) is 0 Å². The quantitative estimate of drug-likeness (QED) is 0.162. The predicted octanol–water partition coefficient (Wildman–Crippen LogP) is 15.6. The van der Waals surface area contributed by atoms with Crippen LogP contribution in [0.25, 0.3) is 88.4 Å². The molecule has 65 heavy (non-hydrogen) atoms. The van der Waals surface area contributed by atoms with Gasteiger partial charge in [-0.1, -0.05) is 96.6 Å². The summed E-state index contributed by atoms with van der Waals surface area (Å²) in [4.78, 5) is 0. The van der Waals surface area contributed by atoms with Crippen LogP contribution in [0.2, 0.25) is 0 Å². The van der Waals surface area contributed by atoms with E-state index in [2.05, 4.69) is 67.0 Å². The lowest BCUT2D eigenvalue weighted by Crippen LogP contribution is -2.12. The number of benzene rings is 8. The first-order valence-electron chi connectivity index (χ1n) is 20.7. The smallest absolute Gasteiger partial charge is 0.308 e. The second-order valence-corrected chi connectivity index (χ2v) is 16.4. The van der Waals surface area contributed by atoms with E-state index in [0.29, 0.717) is 50.6 Å². The fourth-order valence-corrected chi connectivity index (χ4v) is 9.46. The van der Waals surface area contributed by atoms with Crippen molar-refractivity contribution in [3.05, 3.63) is 191 Å². The van der Waals surface area contributed by atoms with Gasteiger partial charge in [0.05, 0.1) is 67.8 Å². The van der Waals surface area contributed by atoms with E-state index in [1.165, 1.54) is 6.07 Å². The van der Waals surface area contributed by atoms with Gasteiger partial charge in [0.15, 0.2) is 0 Å². The second kappa shape index (κ2) is 15.0. The van der Waals surface area contributed by atoms with E-state index in [0.717, 1.165) is 61.1 Å². The fraction of sp³-hybridized carbons (Fsp3) is 0.0909. The number of nitriles is 2. The van der Waals surface area contributed by atoms with Gasteiger partial charge < -0.3 is 9.13 Å². The molecule has 0 N–H and O–H groups in total. The van der Waals surface area contributed by atoms with Gasteiger partial charge in [0, 0.05) is 27.1 Å². The van der Waals surface area contributed by atoms with Gasteiger partial charge >= 0.3 is 12.4 Å². The molecule has 10 heteroatoms. The van der Waals surface area contributed by atoms with Gasteiger partial charge in [-0.2, -0.15) is 36.9 Å². The zero-order valence-corrected chi connectivity index (χ0v) is 35.0. The zero-order valence-electron chi connectivity index (χ0n) is 35.0. The van der Waals surface area contributed by atoms with Crippen LogP contribution in [-0.2, 0) is 12.4 Å².